The van der Waals surface area contributed by atoms with E-state index in [1.165, 1.54) is 11.3 Å². The van der Waals surface area contributed by atoms with Crippen molar-refractivity contribution < 1.29 is 9.53 Å². The molecular weight excluding hydrogens is 286 g/mol. The van der Waals surface area contributed by atoms with Gasteiger partial charge in [0.1, 0.15) is 9.71 Å². The largest absolute Gasteiger partial charge is 0.397 e. The zero-order valence-electron chi connectivity index (χ0n) is 12.4. The highest BCUT2D eigenvalue weighted by molar-refractivity contribution is 7.21. The Kier molecular flexibility index (Phi) is 5.52. The molecule has 0 bridgehead atoms. The summed E-state index contributed by atoms with van der Waals surface area (Å²) in [6.07, 6.45) is 2.99. The first-order chi connectivity index (χ1) is 10.1. The number of carbonyl (C=O) groups is 1. The van der Waals surface area contributed by atoms with E-state index in [4.69, 9.17) is 10.5 Å². The highest BCUT2D eigenvalue weighted by atomic mass is 32.1. The standard InChI is InChI=1S/C15H21N3O2S/c1-10-6-7-11-12(16)13(21-15(11)18-10)14(19)17-8-4-3-5-9-20-2/h6-7H,3-5,8-9,16H2,1-2H3,(H,17,19). The number of fused-ring (bicyclic) bond motifs is 1. The molecule has 2 rings (SSSR count). The summed E-state index contributed by atoms with van der Waals surface area (Å²) in [6.45, 7) is 3.35. The number of anilines is 1. The average Bonchev–Trinajstić information content (AvgIpc) is 2.79. The third-order valence-corrected chi connectivity index (χ3v) is 4.36. The highest BCUT2D eigenvalue weighted by Gasteiger charge is 2.16. The molecule has 1 amide bonds. The van der Waals surface area contributed by atoms with Crippen LogP contribution < -0.4 is 11.1 Å². The van der Waals surface area contributed by atoms with Crippen molar-refractivity contribution >= 4 is 33.1 Å². The molecule has 0 radical (unpaired) electrons. The van der Waals surface area contributed by atoms with Gasteiger partial charge < -0.3 is 15.8 Å². The number of nitrogens with two attached hydrogens (primary N) is 1. The van der Waals surface area contributed by atoms with Gasteiger partial charge in [0.2, 0.25) is 0 Å². The maximum absolute atomic E-state index is 12.2. The van der Waals surface area contributed by atoms with Gasteiger partial charge in [-0.15, -0.1) is 11.3 Å². The van der Waals surface area contributed by atoms with E-state index in [-0.39, 0.29) is 5.91 Å². The van der Waals surface area contributed by atoms with Crippen molar-refractivity contribution in [1.29, 1.82) is 0 Å². The minimum atomic E-state index is -0.111. The molecule has 0 saturated carbocycles. The number of methoxy groups -OCH3 is 1. The molecule has 0 aliphatic rings. The third kappa shape index (κ3) is 3.92. The van der Waals surface area contributed by atoms with Crippen LogP contribution in [0.3, 0.4) is 0 Å². The molecule has 6 heteroatoms. The first-order valence-electron chi connectivity index (χ1n) is 7.06. The summed E-state index contributed by atoms with van der Waals surface area (Å²) in [5.74, 6) is -0.111. The molecule has 3 N–H and O–H groups in total. The summed E-state index contributed by atoms with van der Waals surface area (Å²) in [5.41, 5.74) is 7.51. The minimum absolute atomic E-state index is 0.111. The molecule has 0 atom stereocenters. The zero-order chi connectivity index (χ0) is 15.2. The van der Waals surface area contributed by atoms with Crippen LogP contribution in [0.1, 0.15) is 34.6 Å². The molecular formula is C15H21N3O2S. The highest BCUT2D eigenvalue weighted by Crippen LogP contribution is 2.32. The number of rotatable bonds is 7. The van der Waals surface area contributed by atoms with Crippen molar-refractivity contribution in [1.82, 2.24) is 10.3 Å². The van der Waals surface area contributed by atoms with Gasteiger partial charge in [0.15, 0.2) is 0 Å². The Balaban J connectivity index is 1.95. The smallest absolute Gasteiger partial charge is 0.263 e. The molecule has 0 unspecified atom stereocenters. The van der Waals surface area contributed by atoms with Crippen LogP contribution in [0.4, 0.5) is 5.69 Å². The van der Waals surface area contributed by atoms with E-state index >= 15 is 0 Å². The maximum atomic E-state index is 12.2. The van der Waals surface area contributed by atoms with Crippen LogP contribution in [0.25, 0.3) is 10.2 Å². The van der Waals surface area contributed by atoms with Gasteiger partial charge >= 0.3 is 0 Å². The van der Waals surface area contributed by atoms with E-state index in [1.54, 1.807) is 7.11 Å². The molecule has 21 heavy (non-hydrogen) atoms. The van der Waals surface area contributed by atoms with Crippen LogP contribution in [0.5, 0.6) is 0 Å². The fourth-order valence-corrected chi connectivity index (χ4v) is 3.14. The molecule has 0 aliphatic heterocycles. The number of aromatic nitrogens is 1. The van der Waals surface area contributed by atoms with Crippen molar-refractivity contribution in [3.63, 3.8) is 0 Å². The third-order valence-electron chi connectivity index (χ3n) is 3.25. The van der Waals surface area contributed by atoms with Crippen LogP contribution >= 0.6 is 11.3 Å². The number of pyridine rings is 1. The second kappa shape index (κ2) is 7.38. The van der Waals surface area contributed by atoms with Crippen LogP contribution in [0, 0.1) is 6.92 Å². The number of hydrogen-bond acceptors (Lipinski definition) is 5. The number of aryl methyl sites for hydroxylation is 1. The molecule has 5 nitrogen and oxygen atoms in total. The van der Waals surface area contributed by atoms with Gasteiger partial charge in [-0.25, -0.2) is 4.98 Å². The van der Waals surface area contributed by atoms with E-state index in [9.17, 15) is 4.79 Å². The second-order valence-electron chi connectivity index (χ2n) is 4.96. The first-order valence-corrected chi connectivity index (χ1v) is 7.88. The van der Waals surface area contributed by atoms with Gasteiger partial charge in [-0.3, -0.25) is 4.79 Å². The van der Waals surface area contributed by atoms with Crippen molar-refractivity contribution in [2.75, 3.05) is 26.0 Å². The SMILES string of the molecule is COCCCCCNC(=O)c1sc2nc(C)ccc2c1N. The number of carbonyl (C=O) groups excluding carboxylic acids is 1. The minimum Gasteiger partial charge on any atom is -0.397 e. The van der Waals surface area contributed by atoms with Gasteiger partial charge in [-0.2, -0.15) is 0 Å². The number of ether oxygens (including phenoxy) is 1. The zero-order valence-corrected chi connectivity index (χ0v) is 13.3. The van der Waals surface area contributed by atoms with E-state index in [0.29, 0.717) is 17.1 Å². The lowest BCUT2D eigenvalue weighted by Gasteiger charge is -2.04. The molecule has 0 aliphatic carbocycles. The Hall–Kier alpha value is -1.66. The number of thiophene rings is 1. The van der Waals surface area contributed by atoms with Crippen molar-refractivity contribution in [3.8, 4) is 0 Å². The van der Waals surface area contributed by atoms with Crippen molar-refractivity contribution in [3.05, 3.63) is 22.7 Å². The van der Waals surface area contributed by atoms with Crippen LogP contribution in [0.2, 0.25) is 0 Å². The topological polar surface area (TPSA) is 77.2 Å². The first kappa shape index (κ1) is 15.7. The molecule has 0 fully saturated rings. The maximum Gasteiger partial charge on any atom is 0.263 e. The molecule has 0 aromatic carbocycles. The fraction of sp³-hybridized carbons (Fsp3) is 0.467. The summed E-state index contributed by atoms with van der Waals surface area (Å²) in [5, 5.41) is 3.77. The number of unbranched alkanes of at least 4 members (excludes halogenated alkanes) is 2. The average molecular weight is 307 g/mol. The molecule has 2 aromatic rings. The van der Waals surface area contributed by atoms with Gasteiger partial charge in [-0.1, -0.05) is 0 Å². The van der Waals surface area contributed by atoms with Crippen molar-refractivity contribution in [2.45, 2.75) is 26.2 Å². The Morgan fingerprint density at radius 3 is 2.95 bits per heavy atom. The van der Waals surface area contributed by atoms with Gasteiger partial charge in [0.25, 0.3) is 5.91 Å². The van der Waals surface area contributed by atoms with Crippen LogP contribution in [-0.2, 0) is 4.74 Å². The van der Waals surface area contributed by atoms with Gasteiger partial charge in [0.05, 0.1) is 5.69 Å². The second-order valence-corrected chi connectivity index (χ2v) is 5.96. The summed E-state index contributed by atoms with van der Waals surface area (Å²) in [7, 11) is 1.70. The monoisotopic (exact) mass is 307 g/mol. The molecule has 2 heterocycles. The Bertz CT molecular complexity index is 625. The molecule has 0 saturated heterocycles. The summed E-state index contributed by atoms with van der Waals surface area (Å²) < 4.78 is 4.99. The number of nitrogens with one attached hydrogen (secondary N) is 1. The van der Waals surface area contributed by atoms with E-state index in [1.807, 2.05) is 19.1 Å². The summed E-state index contributed by atoms with van der Waals surface area (Å²) >= 11 is 1.35. The predicted octanol–water partition coefficient (Wildman–Crippen LogP) is 2.73. The molecule has 114 valence electrons. The lowest BCUT2D eigenvalue weighted by atomic mass is 10.2. The van der Waals surface area contributed by atoms with Gasteiger partial charge in [0, 0.05) is 31.3 Å². The quantitative estimate of drug-likeness (QED) is 0.771. The number of nitrogens with zero attached hydrogens (tertiary/aromatic N) is 1. The summed E-state index contributed by atoms with van der Waals surface area (Å²) in [4.78, 5) is 18.0. The van der Waals surface area contributed by atoms with Crippen LogP contribution in [-0.4, -0.2) is 31.2 Å². The Labute approximate surface area is 128 Å². The van der Waals surface area contributed by atoms with Crippen molar-refractivity contribution in [2.24, 2.45) is 0 Å². The van der Waals surface area contributed by atoms with E-state index < -0.39 is 0 Å². The lowest BCUT2D eigenvalue weighted by molar-refractivity contribution is 0.0957. The molecule has 2 aromatic heterocycles. The lowest BCUT2D eigenvalue weighted by Crippen LogP contribution is -2.24. The Morgan fingerprint density at radius 2 is 2.19 bits per heavy atom. The number of hydrogen-bond donors (Lipinski definition) is 2. The van der Waals surface area contributed by atoms with E-state index in [0.717, 1.165) is 41.8 Å². The van der Waals surface area contributed by atoms with E-state index in [2.05, 4.69) is 10.3 Å². The number of amides is 1. The van der Waals surface area contributed by atoms with Gasteiger partial charge in [-0.05, 0) is 38.3 Å². The molecule has 0 spiro atoms. The summed E-state index contributed by atoms with van der Waals surface area (Å²) in [6, 6.07) is 3.83. The fourth-order valence-electron chi connectivity index (χ4n) is 2.09. The predicted molar refractivity (Wildman–Crippen MR) is 86.8 cm³/mol. The number of nitrogen functional groups attached to an aromatic ring is 1. The van der Waals surface area contributed by atoms with Crippen LogP contribution in [0.15, 0.2) is 12.1 Å². The Morgan fingerprint density at radius 1 is 1.38 bits per heavy atom. The normalized spacial score (nSPS) is 11.0.